The van der Waals surface area contributed by atoms with E-state index in [-0.39, 0.29) is 11.5 Å². The number of rotatable bonds is 6. The lowest BCUT2D eigenvalue weighted by Crippen LogP contribution is -2.40. The number of carbonyl (C=O) groups excluding carboxylic acids is 1. The Balaban J connectivity index is 1.35. The van der Waals surface area contributed by atoms with Crippen LogP contribution in [0, 0.1) is 0 Å². The molecule has 5 rings (SSSR count). The van der Waals surface area contributed by atoms with Gasteiger partial charge in [-0.2, -0.15) is 10.2 Å². The summed E-state index contributed by atoms with van der Waals surface area (Å²) in [5.74, 6) is 0.323. The van der Waals surface area contributed by atoms with Crippen LogP contribution in [-0.2, 0) is 20.8 Å². The lowest BCUT2D eigenvalue weighted by atomic mass is 10.2. The molecule has 3 aromatic rings. The Hall–Kier alpha value is -3.09. The Labute approximate surface area is 176 Å². The SMILES string of the molecule is O=C(Nc1cn[nH]c1-c1[nH]c2cnn(CCN3CCOCC3)c(=O)c2[nH+]1)C1CCCO1. The fourth-order valence-electron chi connectivity index (χ4n) is 3.91. The van der Waals surface area contributed by atoms with E-state index < -0.39 is 6.10 Å². The van der Waals surface area contributed by atoms with Crippen LogP contribution in [0.15, 0.2) is 17.2 Å². The highest BCUT2D eigenvalue weighted by Gasteiger charge is 2.27. The topological polar surface area (TPSA) is 144 Å². The fraction of sp³-hybridized carbons (Fsp3) is 0.526. The van der Waals surface area contributed by atoms with Gasteiger partial charge in [0.25, 0.3) is 5.91 Å². The summed E-state index contributed by atoms with van der Waals surface area (Å²) >= 11 is 0. The first-order valence-electron chi connectivity index (χ1n) is 10.5. The van der Waals surface area contributed by atoms with Crippen molar-refractivity contribution in [1.82, 2.24) is 29.9 Å². The van der Waals surface area contributed by atoms with E-state index in [1.54, 1.807) is 6.20 Å². The molecular weight excluding hydrogens is 404 g/mol. The number of morpholine rings is 1. The highest BCUT2D eigenvalue weighted by molar-refractivity contribution is 5.96. The van der Waals surface area contributed by atoms with Gasteiger partial charge in [-0.1, -0.05) is 0 Å². The van der Waals surface area contributed by atoms with Crippen molar-refractivity contribution >= 4 is 22.6 Å². The molecule has 0 aliphatic carbocycles. The summed E-state index contributed by atoms with van der Waals surface area (Å²) in [7, 11) is 0. The summed E-state index contributed by atoms with van der Waals surface area (Å²) in [6.07, 6.45) is 4.28. The Morgan fingerprint density at radius 3 is 2.94 bits per heavy atom. The maximum absolute atomic E-state index is 12.9. The molecule has 4 N–H and O–H groups in total. The van der Waals surface area contributed by atoms with Gasteiger partial charge in [0.15, 0.2) is 11.2 Å². The maximum atomic E-state index is 12.9. The van der Waals surface area contributed by atoms with Gasteiger partial charge in [-0.15, -0.1) is 0 Å². The molecule has 164 valence electrons. The van der Waals surface area contributed by atoms with E-state index in [2.05, 4.69) is 35.5 Å². The number of ether oxygens (including phenoxy) is 2. The van der Waals surface area contributed by atoms with Gasteiger partial charge in [-0.05, 0) is 12.8 Å². The molecule has 0 bridgehead atoms. The number of aromatic amines is 3. The Bertz CT molecular complexity index is 1120. The van der Waals surface area contributed by atoms with E-state index in [1.165, 1.54) is 10.9 Å². The average molecular weight is 429 g/mol. The Morgan fingerprint density at radius 1 is 1.26 bits per heavy atom. The third-order valence-corrected chi connectivity index (χ3v) is 5.65. The molecule has 0 radical (unpaired) electrons. The van der Waals surface area contributed by atoms with E-state index in [1.807, 2.05) is 0 Å². The number of fused-ring (bicyclic) bond motifs is 1. The molecule has 0 spiro atoms. The summed E-state index contributed by atoms with van der Waals surface area (Å²) < 4.78 is 12.2. The first-order chi connectivity index (χ1) is 15.2. The molecule has 0 aromatic carbocycles. The lowest BCUT2D eigenvalue weighted by molar-refractivity contribution is -0.331. The molecule has 2 aliphatic heterocycles. The van der Waals surface area contributed by atoms with Gasteiger partial charge in [0.1, 0.15) is 6.10 Å². The van der Waals surface area contributed by atoms with Gasteiger partial charge in [-0.3, -0.25) is 19.6 Å². The van der Waals surface area contributed by atoms with Crippen molar-refractivity contribution in [2.45, 2.75) is 25.5 Å². The molecule has 2 fully saturated rings. The van der Waals surface area contributed by atoms with Crippen molar-refractivity contribution in [3.8, 4) is 11.5 Å². The number of nitrogens with zero attached hydrogens (tertiary/aromatic N) is 4. The Morgan fingerprint density at radius 2 is 2.13 bits per heavy atom. The molecule has 1 unspecified atom stereocenters. The number of nitrogens with one attached hydrogen (secondary N) is 4. The Kier molecular flexibility index (Phi) is 5.49. The van der Waals surface area contributed by atoms with E-state index in [4.69, 9.17) is 9.47 Å². The lowest BCUT2D eigenvalue weighted by Gasteiger charge is -2.26. The first-order valence-corrected chi connectivity index (χ1v) is 10.5. The third kappa shape index (κ3) is 4.09. The zero-order valence-electron chi connectivity index (χ0n) is 17.0. The van der Waals surface area contributed by atoms with Crippen LogP contribution in [0.4, 0.5) is 5.69 Å². The number of imidazole rings is 1. The normalized spacial score (nSPS) is 19.8. The predicted octanol–water partition coefficient (Wildman–Crippen LogP) is -0.621. The van der Waals surface area contributed by atoms with Crippen molar-refractivity contribution in [3.05, 3.63) is 22.7 Å². The quantitative estimate of drug-likeness (QED) is 0.473. The molecule has 5 heterocycles. The standard InChI is InChI=1S/C19H24N8O4/c28-18(14-2-1-7-31-14)23-12-10-20-25-15(12)17-22-13-11-21-27(19(29)16(13)24-17)4-3-26-5-8-30-9-6-26/h10-11,14H,1-9H2,(H,20,25)(H,22,24)(H,23,28)/p+1. The highest BCUT2D eigenvalue weighted by atomic mass is 16.5. The molecule has 3 aromatic heterocycles. The zero-order valence-corrected chi connectivity index (χ0v) is 17.0. The van der Waals surface area contributed by atoms with Crippen LogP contribution in [0.5, 0.6) is 0 Å². The number of hydrogen-bond donors (Lipinski definition) is 3. The van der Waals surface area contributed by atoms with Crippen LogP contribution in [0.3, 0.4) is 0 Å². The number of hydrogen-bond acceptors (Lipinski definition) is 7. The zero-order chi connectivity index (χ0) is 21.2. The maximum Gasteiger partial charge on any atom is 0.318 e. The van der Waals surface area contributed by atoms with Crippen LogP contribution >= 0.6 is 0 Å². The molecule has 2 aliphatic rings. The summed E-state index contributed by atoms with van der Waals surface area (Å²) in [6.45, 7) is 4.97. The third-order valence-electron chi connectivity index (χ3n) is 5.65. The van der Waals surface area contributed by atoms with Crippen LogP contribution in [-0.4, -0.2) is 81.3 Å². The van der Waals surface area contributed by atoms with Gasteiger partial charge >= 0.3 is 11.4 Å². The van der Waals surface area contributed by atoms with Gasteiger partial charge in [0.2, 0.25) is 5.52 Å². The highest BCUT2D eigenvalue weighted by Crippen LogP contribution is 2.23. The summed E-state index contributed by atoms with van der Waals surface area (Å²) in [4.78, 5) is 33.8. The van der Waals surface area contributed by atoms with Crippen LogP contribution < -0.4 is 15.9 Å². The van der Waals surface area contributed by atoms with E-state index in [0.717, 1.165) is 26.1 Å². The minimum atomic E-state index is -0.447. The van der Waals surface area contributed by atoms with Gasteiger partial charge in [0, 0.05) is 26.2 Å². The number of anilines is 1. The van der Waals surface area contributed by atoms with Gasteiger partial charge in [-0.25, -0.2) is 14.6 Å². The van der Waals surface area contributed by atoms with Gasteiger partial charge in [0.05, 0.1) is 37.8 Å². The van der Waals surface area contributed by atoms with E-state index in [9.17, 15) is 9.59 Å². The minimum absolute atomic E-state index is 0.205. The van der Waals surface area contributed by atoms with Gasteiger partial charge < -0.3 is 14.8 Å². The van der Waals surface area contributed by atoms with Crippen molar-refractivity contribution in [3.63, 3.8) is 0 Å². The second kappa shape index (κ2) is 8.57. The molecule has 2 saturated heterocycles. The smallest absolute Gasteiger partial charge is 0.318 e. The molecule has 31 heavy (non-hydrogen) atoms. The fourth-order valence-corrected chi connectivity index (χ4v) is 3.91. The monoisotopic (exact) mass is 429 g/mol. The van der Waals surface area contributed by atoms with E-state index in [0.29, 0.717) is 61.0 Å². The van der Waals surface area contributed by atoms with Crippen molar-refractivity contribution in [2.75, 3.05) is 44.8 Å². The summed E-state index contributed by atoms with van der Waals surface area (Å²) in [6, 6.07) is 0. The minimum Gasteiger partial charge on any atom is -0.379 e. The summed E-state index contributed by atoms with van der Waals surface area (Å²) in [5, 5.41) is 14.0. The molecule has 12 nitrogen and oxygen atoms in total. The largest absolute Gasteiger partial charge is 0.379 e. The summed E-state index contributed by atoms with van der Waals surface area (Å²) in [5.41, 5.74) is 1.83. The van der Waals surface area contributed by atoms with Crippen molar-refractivity contribution in [2.24, 2.45) is 0 Å². The molecule has 1 atom stereocenters. The number of carbonyl (C=O) groups is 1. The first kappa shape index (κ1) is 19.8. The number of amides is 1. The van der Waals surface area contributed by atoms with Crippen LogP contribution in [0.25, 0.3) is 22.6 Å². The molecule has 1 amide bonds. The number of H-pyrrole nitrogens is 3. The van der Waals surface area contributed by atoms with Crippen LogP contribution in [0.1, 0.15) is 12.8 Å². The second-order valence-electron chi connectivity index (χ2n) is 7.69. The molecule has 12 heteroatoms. The second-order valence-corrected chi connectivity index (χ2v) is 7.69. The average Bonchev–Trinajstić information content (AvgIpc) is 3.54. The molecular formula is C19H25N8O4+. The van der Waals surface area contributed by atoms with Crippen molar-refractivity contribution < 1.29 is 19.3 Å². The van der Waals surface area contributed by atoms with E-state index >= 15 is 0 Å². The number of aromatic nitrogens is 6. The molecule has 0 saturated carbocycles. The van der Waals surface area contributed by atoms with Crippen LogP contribution in [0.2, 0.25) is 0 Å². The van der Waals surface area contributed by atoms with Crippen molar-refractivity contribution in [1.29, 1.82) is 0 Å². The predicted molar refractivity (Wildman–Crippen MR) is 109 cm³/mol.